The molecule has 0 aromatic heterocycles. The number of rotatable bonds is 4. The lowest BCUT2D eigenvalue weighted by atomic mass is 10.1. The first-order chi connectivity index (χ1) is 10.3. The average Bonchev–Trinajstić information content (AvgIpc) is 2.53. The van der Waals surface area contributed by atoms with Crippen molar-refractivity contribution in [2.45, 2.75) is 0 Å². The molecule has 0 aliphatic carbocycles. The molecule has 0 saturated carbocycles. The van der Waals surface area contributed by atoms with Crippen LogP contribution >= 0.6 is 0 Å². The van der Waals surface area contributed by atoms with Gasteiger partial charge in [0.2, 0.25) is 0 Å². The number of nitriles is 2. The molecule has 0 radical (unpaired) electrons. The first-order valence-corrected chi connectivity index (χ1v) is 6.20. The summed E-state index contributed by atoms with van der Waals surface area (Å²) in [5, 5.41) is 17.9. The van der Waals surface area contributed by atoms with Crippen molar-refractivity contribution >= 4 is 5.76 Å². The summed E-state index contributed by atoms with van der Waals surface area (Å²) in [7, 11) is 1.43. The second kappa shape index (κ2) is 6.79. The molecular weight excluding hydrogens is 264 g/mol. The molecular formula is C17H12N2O2. The maximum absolute atomic E-state index is 8.95. The van der Waals surface area contributed by atoms with Gasteiger partial charge in [0.25, 0.3) is 0 Å². The van der Waals surface area contributed by atoms with Gasteiger partial charge in [0.1, 0.15) is 23.6 Å². The number of nitrogens with zero attached hydrogens (tertiary/aromatic N) is 2. The molecule has 0 atom stereocenters. The van der Waals surface area contributed by atoms with Gasteiger partial charge in [-0.05, 0) is 24.3 Å². The third-order valence-corrected chi connectivity index (χ3v) is 2.73. The first-order valence-electron chi connectivity index (χ1n) is 6.20. The lowest BCUT2D eigenvalue weighted by molar-refractivity contribution is 0.368. The van der Waals surface area contributed by atoms with Crippen LogP contribution in [0, 0.1) is 22.7 Å². The largest absolute Gasteiger partial charge is 0.494 e. The molecule has 0 N–H and O–H groups in total. The Morgan fingerprint density at radius 1 is 0.905 bits per heavy atom. The van der Waals surface area contributed by atoms with E-state index in [1.165, 1.54) is 7.11 Å². The minimum absolute atomic E-state index is 0.0747. The van der Waals surface area contributed by atoms with E-state index in [-0.39, 0.29) is 11.3 Å². The van der Waals surface area contributed by atoms with Crippen molar-refractivity contribution in [3.8, 4) is 23.6 Å². The van der Waals surface area contributed by atoms with Crippen LogP contribution in [0.3, 0.4) is 0 Å². The van der Waals surface area contributed by atoms with Gasteiger partial charge in [0.15, 0.2) is 11.3 Å². The summed E-state index contributed by atoms with van der Waals surface area (Å²) >= 11 is 0. The van der Waals surface area contributed by atoms with Crippen LogP contribution in [-0.4, -0.2) is 7.11 Å². The molecule has 4 nitrogen and oxygen atoms in total. The van der Waals surface area contributed by atoms with Crippen LogP contribution in [0.4, 0.5) is 0 Å². The fourth-order valence-electron chi connectivity index (χ4n) is 1.82. The Labute approximate surface area is 123 Å². The van der Waals surface area contributed by atoms with Gasteiger partial charge in [-0.25, -0.2) is 0 Å². The van der Waals surface area contributed by atoms with Crippen molar-refractivity contribution in [3.05, 3.63) is 65.7 Å². The molecule has 0 spiro atoms. The highest BCUT2D eigenvalue weighted by Crippen LogP contribution is 2.26. The summed E-state index contributed by atoms with van der Waals surface area (Å²) in [4.78, 5) is 0. The van der Waals surface area contributed by atoms with E-state index < -0.39 is 0 Å². The molecule has 0 aliphatic rings. The SMILES string of the molecule is COC(=C(C#N)C#N)c1cccc(Oc2ccccc2)c1. The Balaban J connectivity index is 2.36. The lowest BCUT2D eigenvalue weighted by Crippen LogP contribution is -1.93. The van der Waals surface area contributed by atoms with Gasteiger partial charge in [-0.3, -0.25) is 0 Å². The normalized spacial score (nSPS) is 9.10. The maximum atomic E-state index is 8.95. The molecule has 0 fully saturated rings. The number of hydrogen-bond donors (Lipinski definition) is 0. The molecule has 0 amide bonds. The van der Waals surface area contributed by atoms with Crippen molar-refractivity contribution in [3.63, 3.8) is 0 Å². The molecule has 2 aromatic carbocycles. The molecule has 0 saturated heterocycles. The summed E-state index contributed by atoms with van der Waals surface area (Å²) in [5.74, 6) is 1.54. The van der Waals surface area contributed by atoms with Crippen LogP contribution in [0.5, 0.6) is 11.5 Å². The third kappa shape index (κ3) is 3.40. The Hall–Kier alpha value is -3.24. The lowest BCUT2D eigenvalue weighted by Gasteiger charge is -2.09. The molecule has 0 unspecified atom stereocenters. The zero-order chi connectivity index (χ0) is 15.1. The van der Waals surface area contributed by atoms with Crippen LogP contribution in [0.15, 0.2) is 60.2 Å². The number of hydrogen-bond acceptors (Lipinski definition) is 4. The standard InChI is InChI=1S/C17H12N2O2/c1-20-17(14(11-18)12-19)13-6-5-9-16(10-13)21-15-7-3-2-4-8-15/h2-10H,1H3. The predicted octanol–water partition coefficient (Wildman–Crippen LogP) is 3.88. The first kappa shape index (κ1) is 14.2. The summed E-state index contributed by atoms with van der Waals surface area (Å²) < 4.78 is 10.9. The van der Waals surface area contributed by atoms with Crippen molar-refractivity contribution < 1.29 is 9.47 Å². The zero-order valence-electron chi connectivity index (χ0n) is 11.4. The van der Waals surface area contributed by atoms with Crippen LogP contribution in [0.25, 0.3) is 5.76 Å². The van der Waals surface area contributed by atoms with Crippen LogP contribution in [0.1, 0.15) is 5.56 Å². The number of para-hydroxylation sites is 1. The highest BCUT2D eigenvalue weighted by Gasteiger charge is 2.10. The highest BCUT2D eigenvalue weighted by molar-refractivity contribution is 5.71. The van der Waals surface area contributed by atoms with Crippen molar-refractivity contribution in [1.29, 1.82) is 10.5 Å². The predicted molar refractivity (Wildman–Crippen MR) is 78.1 cm³/mol. The molecule has 4 heteroatoms. The van der Waals surface area contributed by atoms with Crippen LogP contribution < -0.4 is 4.74 Å². The Morgan fingerprint density at radius 2 is 1.57 bits per heavy atom. The van der Waals surface area contributed by atoms with E-state index in [0.29, 0.717) is 17.1 Å². The van der Waals surface area contributed by atoms with Gasteiger partial charge in [0.05, 0.1) is 7.11 Å². The summed E-state index contributed by atoms with van der Waals surface area (Å²) in [6.45, 7) is 0. The molecule has 0 bridgehead atoms. The second-order valence-corrected chi connectivity index (χ2v) is 4.07. The van der Waals surface area contributed by atoms with E-state index in [1.54, 1.807) is 24.3 Å². The highest BCUT2D eigenvalue weighted by atomic mass is 16.5. The van der Waals surface area contributed by atoms with E-state index in [0.717, 1.165) is 0 Å². The Bertz CT molecular complexity index is 721. The van der Waals surface area contributed by atoms with E-state index >= 15 is 0 Å². The molecule has 2 aromatic rings. The molecule has 2 rings (SSSR count). The van der Waals surface area contributed by atoms with Gasteiger partial charge in [0, 0.05) is 5.56 Å². The fraction of sp³-hybridized carbons (Fsp3) is 0.0588. The topological polar surface area (TPSA) is 66.0 Å². The van der Waals surface area contributed by atoms with Gasteiger partial charge < -0.3 is 9.47 Å². The average molecular weight is 276 g/mol. The van der Waals surface area contributed by atoms with Crippen molar-refractivity contribution in [1.82, 2.24) is 0 Å². The van der Waals surface area contributed by atoms with E-state index in [4.69, 9.17) is 20.0 Å². The molecule has 0 aliphatic heterocycles. The van der Waals surface area contributed by atoms with E-state index in [2.05, 4.69) is 0 Å². The van der Waals surface area contributed by atoms with Gasteiger partial charge in [-0.1, -0.05) is 30.3 Å². The van der Waals surface area contributed by atoms with Crippen molar-refractivity contribution in [2.24, 2.45) is 0 Å². The zero-order valence-corrected chi connectivity index (χ0v) is 11.4. The number of benzene rings is 2. The van der Waals surface area contributed by atoms with Crippen LogP contribution in [-0.2, 0) is 4.74 Å². The van der Waals surface area contributed by atoms with E-state index in [1.807, 2.05) is 42.5 Å². The van der Waals surface area contributed by atoms with E-state index in [9.17, 15) is 0 Å². The molecule has 0 heterocycles. The smallest absolute Gasteiger partial charge is 0.172 e. The molecule has 102 valence electrons. The minimum atomic E-state index is -0.0747. The number of allylic oxidation sites excluding steroid dienone is 1. The summed E-state index contributed by atoms with van der Waals surface area (Å²) in [6, 6.07) is 20.0. The third-order valence-electron chi connectivity index (χ3n) is 2.73. The van der Waals surface area contributed by atoms with Gasteiger partial charge >= 0.3 is 0 Å². The second-order valence-electron chi connectivity index (χ2n) is 4.07. The Kier molecular flexibility index (Phi) is 4.58. The van der Waals surface area contributed by atoms with Crippen molar-refractivity contribution in [2.75, 3.05) is 7.11 Å². The minimum Gasteiger partial charge on any atom is -0.494 e. The Morgan fingerprint density at radius 3 is 2.19 bits per heavy atom. The monoisotopic (exact) mass is 276 g/mol. The summed E-state index contributed by atoms with van der Waals surface area (Å²) in [5.41, 5.74) is 0.540. The number of ether oxygens (including phenoxy) is 2. The van der Waals surface area contributed by atoms with Gasteiger partial charge in [-0.15, -0.1) is 0 Å². The quantitative estimate of drug-likeness (QED) is 0.627. The summed E-state index contributed by atoms with van der Waals surface area (Å²) in [6.07, 6.45) is 0. The van der Waals surface area contributed by atoms with Crippen LogP contribution in [0.2, 0.25) is 0 Å². The molecule has 21 heavy (non-hydrogen) atoms. The number of methoxy groups -OCH3 is 1. The van der Waals surface area contributed by atoms with Gasteiger partial charge in [-0.2, -0.15) is 10.5 Å². The maximum Gasteiger partial charge on any atom is 0.172 e. The fourth-order valence-corrected chi connectivity index (χ4v) is 1.82.